The number of nitriles is 2. The average molecular weight is 523 g/mol. The van der Waals surface area contributed by atoms with Gasteiger partial charge in [0.15, 0.2) is 0 Å². The molecule has 0 saturated carbocycles. The summed E-state index contributed by atoms with van der Waals surface area (Å²) in [5.41, 5.74) is 1.56. The van der Waals surface area contributed by atoms with E-state index in [2.05, 4.69) is 10.6 Å². The number of esters is 2. The number of benzene rings is 1. The van der Waals surface area contributed by atoms with Crippen molar-refractivity contribution < 1.29 is 28.7 Å². The molecule has 2 aromatic heterocycles. The Kier molecular flexibility index (Phi) is 7.84. The lowest BCUT2D eigenvalue weighted by Gasteiger charge is -2.06. The Hall–Kier alpha value is -4.52. The summed E-state index contributed by atoms with van der Waals surface area (Å²) < 4.78 is 9.42. The number of nitrogens with one attached hydrogen (secondary N) is 2. The Labute approximate surface area is 213 Å². The van der Waals surface area contributed by atoms with Gasteiger partial charge in [0.2, 0.25) is 0 Å². The molecule has 10 nitrogen and oxygen atoms in total. The van der Waals surface area contributed by atoms with E-state index in [0.29, 0.717) is 11.1 Å². The summed E-state index contributed by atoms with van der Waals surface area (Å²) in [5.74, 6) is -2.30. The minimum atomic E-state index is -0.607. The van der Waals surface area contributed by atoms with Crippen LogP contribution in [-0.2, 0) is 9.47 Å². The van der Waals surface area contributed by atoms with Crippen LogP contribution in [0, 0.1) is 36.5 Å². The molecule has 3 aromatic rings. The van der Waals surface area contributed by atoms with Gasteiger partial charge in [-0.1, -0.05) is 0 Å². The van der Waals surface area contributed by atoms with Gasteiger partial charge in [-0.15, -0.1) is 22.7 Å². The molecule has 0 unspecified atom stereocenters. The highest BCUT2D eigenvalue weighted by Gasteiger charge is 2.24. The monoisotopic (exact) mass is 522 g/mol. The quantitative estimate of drug-likeness (QED) is 0.455. The number of rotatable bonds is 6. The molecule has 0 radical (unpaired) electrons. The maximum atomic E-state index is 12.7. The normalized spacial score (nSPS) is 10.1. The lowest BCUT2D eigenvalue weighted by Crippen LogP contribution is -2.14. The molecular formula is C24H18N4O6S2. The molecule has 2 heterocycles. The van der Waals surface area contributed by atoms with Crippen molar-refractivity contribution in [2.24, 2.45) is 0 Å². The number of carbonyl (C=O) groups is 4. The van der Waals surface area contributed by atoms with E-state index in [9.17, 15) is 29.7 Å². The van der Waals surface area contributed by atoms with Crippen molar-refractivity contribution in [2.75, 3.05) is 24.9 Å². The van der Waals surface area contributed by atoms with Gasteiger partial charge in [0.25, 0.3) is 11.8 Å². The predicted molar refractivity (Wildman–Crippen MR) is 133 cm³/mol. The zero-order chi connectivity index (χ0) is 26.6. The molecule has 36 heavy (non-hydrogen) atoms. The van der Waals surface area contributed by atoms with Crippen LogP contribution in [-0.4, -0.2) is 38.0 Å². The molecule has 0 aliphatic rings. The highest BCUT2D eigenvalue weighted by molar-refractivity contribution is 7.19. The summed E-state index contributed by atoms with van der Waals surface area (Å²) in [5, 5.41) is 24.5. The van der Waals surface area contributed by atoms with Gasteiger partial charge in [-0.3, -0.25) is 9.59 Å². The molecule has 2 N–H and O–H groups in total. The second-order valence-electron chi connectivity index (χ2n) is 7.21. The van der Waals surface area contributed by atoms with E-state index in [1.54, 1.807) is 13.8 Å². The molecule has 1 aromatic carbocycles. The summed E-state index contributed by atoms with van der Waals surface area (Å²) in [6, 6.07) is 9.63. The topological polar surface area (TPSA) is 158 Å². The van der Waals surface area contributed by atoms with Crippen LogP contribution in [0.5, 0.6) is 0 Å². The fraction of sp³-hybridized carbons (Fsp3) is 0.167. The number of nitrogens with zero attached hydrogens (tertiary/aromatic N) is 2. The van der Waals surface area contributed by atoms with Gasteiger partial charge in [0.1, 0.15) is 31.9 Å². The molecule has 0 bridgehead atoms. The van der Waals surface area contributed by atoms with Crippen LogP contribution < -0.4 is 10.6 Å². The Bertz CT molecular complexity index is 1360. The van der Waals surface area contributed by atoms with Gasteiger partial charge in [0, 0.05) is 11.1 Å². The number of methoxy groups -OCH3 is 2. The fourth-order valence-electron chi connectivity index (χ4n) is 3.17. The molecule has 0 fully saturated rings. The number of thiophene rings is 2. The SMILES string of the molecule is COC(=O)c1sc(NC(=O)c2ccc(C(=O)Nc3sc(C(=O)OC)c(C)c3C#N)cc2)c(C#N)c1C. The third-order valence-corrected chi connectivity index (χ3v) is 7.50. The van der Waals surface area contributed by atoms with Gasteiger partial charge >= 0.3 is 11.9 Å². The molecular weight excluding hydrogens is 504 g/mol. The van der Waals surface area contributed by atoms with E-state index in [1.165, 1.54) is 38.5 Å². The average Bonchev–Trinajstić information content (AvgIpc) is 3.37. The largest absolute Gasteiger partial charge is 0.465 e. The number of hydrogen-bond acceptors (Lipinski definition) is 10. The highest BCUT2D eigenvalue weighted by atomic mass is 32.1. The van der Waals surface area contributed by atoms with E-state index in [4.69, 9.17) is 9.47 Å². The third-order valence-electron chi connectivity index (χ3n) is 5.12. The lowest BCUT2D eigenvalue weighted by molar-refractivity contribution is 0.0596. The van der Waals surface area contributed by atoms with Crippen LogP contribution in [0.3, 0.4) is 0 Å². The first-order chi connectivity index (χ1) is 17.2. The van der Waals surface area contributed by atoms with Gasteiger partial charge < -0.3 is 20.1 Å². The first-order valence-corrected chi connectivity index (χ1v) is 11.8. The van der Waals surface area contributed by atoms with Crippen molar-refractivity contribution in [1.82, 2.24) is 0 Å². The van der Waals surface area contributed by atoms with E-state index in [0.717, 1.165) is 22.7 Å². The summed E-state index contributed by atoms with van der Waals surface area (Å²) in [7, 11) is 2.45. The zero-order valence-electron chi connectivity index (χ0n) is 19.5. The summed E-state index contributed by atoms with van der Waals surface area (Å²) in [6.45, 7) is 3.18. The van der Waals surface area contributed by atoms with Crippen molar-refractivity contribution in [3.05, 3.63) is 67.4 Å². The van der Waals surface area contributed by atoms with Crippen LogP contribution in [0.2, 0.25) is 0 Å². The van der Waals surface area contributed by atoms with Gasteiger partial charge in [0.05, 0.1) is 25.3 Å². The number of hydrogen-bond donors (Lipinski definition) is 2. The molecule has 0 aliphatic carbocycles. The summed E-state index contributed by atoms with van der Waals surface area (Å²) in [4.78, 5) is 49.7. The highest BCUT2D eigenvalue weighted by Crippen LogP contribution is 2.34. The maximum absolute atomic E-state index is 12.7. The van der Waals surface area contributed by atoms with Crippen molar-refractivity contribution in [1.29, 1.82) is 10.5 Å². The smallest absolute Gasteiger partial charge is 0.348 e. The van der Waals surface area contributed by atoms with Crippen LogP contribution >= 0.6 is 22.7 Å². The summed E-state index contributed by atoms with van der Waals surface area (Å²) in [6.07, 6.45) is 0. The van der Waals surface area contributed by atoms with Gasteiger partial charge in [-0.25, -0.2) is 9.59 Å². The number of amides is 2. The molecule has 2 amide bonds. The van der Waals surface area contributed by atoms with E-state index >= 15 is 0 Å². The minimum Gasteiger partial charge on any atom is -0.465 e. The van der Waals surface area contributed by atoms with Gasteiger partial charge in [-0.05, 0) is 49.2 Å². The molecule has 3 rings (SSSR count). The summed E-state index contributed by atoms with van der Waals surface area (Å²) >= 11 is 1.87. The van der Waals surface area contributed by atoms with Gasteiger partial charge in [-0.2, -0.15) is 10.5 Å². The molecule has 182 valence electrons. The first-order valence-electron chi connectivity index (χ1n) is 10.1. The van der Waals surface area contributed by atoms with E-state index in [1.807, 2.05) is 12.1 Å². The molecule has 0 atom stereocenters. The van der Waals surface area contributed by atoms with Crippen LogP contribution in [0.15, 0.2) is 24.3 Å². The van der Waals surface area contributed by atoms with Crippen molar-refractivity contribution in [3.8, 4) is 12.1 Å². The van der Waals surface area contributed by atoms with Crippen molar-refractivity contribution in [3.63, 3.8) is 0 Å². The van der Waals surface area contributed by atoms with Crippen LogP contribution in [0.1, 0.15) is 62.3 Å². The zero-order valence-corrected chi connectivity index (χ0v) is 21.1. The Morgan fingerprint density at radius 1 is 0.722 bits per heavy atom. The Morgan fingerprint density at radius 2 is 1.06 bits per heavy atom. The molecule has 12 heteroatoms. The molecule has 0 spiro atoms. The predicted octanol–water partition coefficient (Wildman–Crippen LogP) is 4.25. The van der Waals surface area contributed by atoms with Crippen molar-refractivity contribution >= 4 is 56.4 Å². The van der Waals surface area contributed by atoms with Crippen LogP contribution in [0.25, 0.3) is 0 Å². The third kappa shape index (κ3) is 4.95. The fourth-order valence-corrected chi connectivity index (χ4v) is 5.31. The molecule has 0 aliphatic heterocycles. The standard InChI is InChI=1S/C24H18N4O6S2/c1-11-15(9-25)21(35-17(11)23(31)33-3)27-19(29)13-5-7-14(8-6-13)20(30)28-22-16(10-26)12(2)18(36-22)24(32)34-4/h5-8H,1-4H3,(H,27,29)(H,28,30). The lowest BCUT2D eigenvalue weighted by atomic mass is 10.1. The second kappa shape index (κ2) is 10.8. The number of carbonyl (C=O) groups excluding carboxylic acids is 4. The Morgan fingerprint density at radius 3 is 1.33 bits per heavy atom. The van der Waals surface area contributed by atoms with Crippen molar-refractivity contribution in [2.45, 2.75) is 13.8 Å². The Balaban J connectivity index is 1.78. The van der Waals surface area contributed by atoms with E-state index in [-0.39, 0.29) is 42.0 Å². The van der Waals surface area contributed by atoms with E-state index < -0.39 is 23.8 Å². The number of anilines is 2. The minimum absolute atomic E-state index is 0.163. The molecule has 0 saturated heterocycles. The maximum Gasteiger partial charge on any atom is 0.348 e. The number of ether oxygens (including phenoxy) is 2. The second-order valence-corrected chi connectivity index (χ2v) is 9.25. The van der Waals surface area contributed by atoms with Crippen LogP contribution in [0.4, 0.5) is 10.0 Å². The first kappa shape index (κ1) is 26.1.